The van der Waals surface area contributed by atoms with E-state index in [0.29, 0.717) is 11.6 Å². The highest BCUT2D eigenvalue weighted by Gasteiger charge is 2.36. The van der Waals surface area contributed by atoms with E-state index < -0.39 is 6.04 Å². The molecule has 0 N–H and O–H groups in total. The highest BCUT2D eigenvalue weighted by molar-refractivity contribution is 6.30. The summed E-state index contributed by atoms with van der Waals surface area (Å²) in [6.45, 7) is 2.03. The molecule has 0 aliphatic carbocycles. The van der Waals surface area contributed by atoms with Gasteiger partial charge in [0.25, 0.3) is 0 Å². The zero-order chi connectivity index (χ0) is 22.2. The maximum atomic E-state index is 13.2. The van der Waals surface area contributed by atoms with Crippen LogP contribution in [-0.4, -0.2) is 28.7 Å². The number of fused-ring (bicyclic) bond motifs is 1. The maximum absolute atomic E-state index is 13.2. The number of methoxy groups -OCH3 is 1. The Kier molecular flexibility index (Phi) is 5.15. The predicted octanol–water partition coefficient (Wildman–Crippen LogP) is 5.79. The maximum Gasteiger partial charge on any atom is 0.310 e. The van der Waals surface area contributed by atoms with Gasteiger partial charge in [-0.05, 0) is 48.9 Å². The van der Waals surface area contributed by atoms with Crippen molar-refractivity contribution in [3.05, 3.63) is 94.5 Å². The molecule has 4 aromatic rings. The molecule has 2 aromatic heterocycles. The van der Waals surface area contributed by atoms with Crippen LogP contribution in [0.2, 0.25) is 5.15 Å². The van der Waals surface area contributed by atoms with Crippen LogP contribution in [0.25, 0.3) is 10.9 Å². The summed E-state index contributed by atoms with van der Waals surface area (Å²) in [5.41, 5.74) is 4.39. The van der Waals surface area contributed by atoms with Crippen molar-refractivity contribution in [3.63, 3.8) is 0 Å². The standard InChI is InChI=1S/C25H20ClN3O3/c1-15-5-7-16(8-6-15)21-14-22(29(28-21)25(30)23-4-3-11-32-23)19-13-17-12-18(31-2)9-10-20(17)27-24(19)26/h3-13,22H,14H2,1-2H3. The Morgan fingerprint density at radius 3 is 2.69 bits per heavy atom. The topological polar surface area (TPSA) is 67.9 Å². The Hall–Kier alpha value is -3.64. The summed E-state index contributed by atoms with van der Waals surface area (Å²) in [6.07, 6.45) is 1.98. The molecule has 5 rings (SSSR count). The van der Waals surface area contributed by atoms with Crippen molar-refractivity contribution in [1.29, 1.82) is 0 Å². The number of carbonyl (C=O) groups is 1. The fourth-order valence-electron chi connectivity index (χ4n) is 3.88. The minimum absolute atomic E-state index is 0.218. The number of hydrazone groups is 1. The normalized spacial score (nSPS) is 15.8. The van der Waals surface area contributed by atoms with E-state index in [1.54, 1.807) is 19.2 Å². The SMILES string of the molecule is COc1ccc2nc(Cl)c(C3CC(c4ccc(C)cc4)=NN3C(=O)c3ccco3)cc2c1. The lowest BCUT2D eigenvalue weighted by Gasteiger charge is -2.22. The molecular weight excluding hydrogens is 426 g/mol. The molecule has 0 bridgehead atoms. The molecule has 1 aliphatic rings. The Labute approximate surface area is 190 Å². The zero-order valence-electron chi connectivity index (χ0n) is 17.6. The molecule has 1 amide bonds. The minimum atomic E-state index is -0.417. The molecular formula is C25H20ClN3O3. The second-order valence-corrected chi connectivity index (χ2v) is 8.04. The van der Waals surface area contributed by atoms with Crippen molar-refractivity contribution >= 4 is 34.1 Å². The summed E-state index contributed by atoms with van der Waals surface area (Å²) in [5.74, 6) is 0.610. The summed E-state index contributed by atoms with van der Waals surface area (Å²) < 4.78 is 10.7. The number of hydrogen-bond donors (Lipinski definition) is 0. The zero-order valence-corrected chi connectivity index (χ0v) is 18.3. The molecule has 160 valence electrons. The summed E-state index contributed by atoms with van der Waals surface area (Å²) in [5, 5.41) is 7.34. The first-order valence-corrected chi connectivity index (χ1v) is 10.6. The number of carbonyl (C=O) groups excluding carboxylic acids is 1. The highest BCUT2D eigenvalue weighted by Crippen LogP contribution is 2.38. The molecule has 0 saturated heterocycles. The van der Waals surface area contributed by atoms with Crippen LogP contribution < -0.4 is 4.74 Å². The third-order valence-corrected chi connectivity index (χ3v) is 5.90. The van der Waals surface area contributed by atoms with Crippen LogP contribution in [0.3, 0.4) is 0 Å². The largest absolute Gasteiger partial charge is 0.497 e. The molecule has 0 fully saturated rings. The quantitative estimate of drug-likeness (QED) is 0.373. The Morgan fingerprint density at radius 2 is 1.97 bits per heavy atom. The average Bonchev–Trinajstić information content (AvgIpc) is 3.49. The van der Waals surface area contributed by atoms with E-state index in [4.69, 9.17) is 20.8 Å². The molecule has 1 unspecified atom stereocenters. The number of hydrogen-bond acceptors (Lipinski definition) is 5. The van der Waals surface area contributed by atoms with Gasteiger partial charge in [-0.1, -0.05) is 41.4 Å². The number of halogens is 1. The van der Waals surface area contributed by atoms with Gasteiger partial charge in [0.15, 0.2) is 5.76 Å². The lowest BCUT2D eigenvalue weighted by Crippen LogP contribution is -2.27. The van der Waals surface area contributed by atoms with E-state index in [1.165, 1.54) is 11.3 Å². The lowest BCUT2D eigenvalue weighted by molar-refractivity contribution is 0.0678. The Bertz CT molecular complexity index is 1330. The molecule has 32 heavy (non-hydrogen) atoms. The second kappa shape index (κ2) is 8.13. The number of aryl methyl sites for hydroxylation is 1. The average molecular weight is 446 g/mol. The van der Waals surface area contributed by atoms with Gasteiger partial charge in [-0.3, -0.25) is 4.79 Å². The molecule has 1 aliphatic heterocycles. The van der Waals surface area contributed by atoms with Gasteiger partial charge in [0.1, 0.15) is 10.9 Å². The van der Waals surface area contributed by atoms with Gasteiger partial charge in [0.2, 0.25) is 0 Å². The smallest absolute Gasteiger partial charge is 0.310 e. The number of amides is 1. The number of ether oxygens (including phenoxy) is 1. The van der Waals surface area contributed by atoms with Crippen LogP contribution in [0.1, 0.15) is 39.7 Å². The van der Waals surface area contributed by atoms with E-state index in [1.807, 2.05) is 55.5 Å². The number of aromatic nitrogens is 1. The van der Waals surface area contributed by atoms with E-state index >= 15 is 0 Å². The van der Waals surface area contributed by atoms with Crippen molar-refractivity contribution in [2.24, 2.45) is 5.10 Å². The minimum Gasteiger partial charge on any atom is -0.497 e. The Balaban J connectivity index is 1.60. The molecule has 0 spiro atoms. The van der Waals surface area contributed by atoms with Crippen molar-refractivity contribution < 1.29 is 13.9 Å². The first-order valence-electron chi connectivity index (χ1n) is 10.2. The number of rotatable bonds is 4. The number of nitrogens with zero attached hydrogens (tertiary/aromatic N) is 3. The van der Waals surface area contributed by atoms with Crippen molar-refractivity contribution in [2.45, 2.75) is 19.4 Å². The van der Waals surface area contributed by atoms with Crippen molar-refractivity contribution in [2.75, 3.05) is 7.11 Å². The first kappa shape index (κ1) is 20.3. The van der Waals surface area contributed by atoms with Crippen LogP contribution in [0.5, 0.6) is 5.75 Å². The van der Waals surface area contributed by atoms with Crippen LogP contribution in [0, 0.1) is 6.92 Å². The summed E-state index contributed by atoms with van der Waals surface area (Å²) in [4.78, 5) is 17.8. The molecule has 0 radical (unpaired) electrons. The van der Waals surface area contributed by atoms with Crippen molar-refractivity contribution in [3.8, 4) is 5.75 Å². The molecule has 0 saturated carbocycles. The van der Waals surface area contributed by atoms with Gasteiger partial charge in [-0.25, -0.2) is 9.99 Å². The number of benzene rings is 2. The third kappa shape index (κ3) is 3.63. The van der Waals surface area contributed by atoms with Gasteiger partial charge in [-0.2, -0.15) is 5.10 Å². The van der Waals surface area contributed by atoms with E-state index in [9.17, 15) is 4.79 Å². The number of pyridine rings is 1. The van der Waals surface area contributed by atoms with E-state index in [2.05, 4.69) is 10.1 Å². The van der Waals surface area contributed by atoms with E-state index in [0.717, 1.165) is 39.1 Å². The predicted molar refractivity (Wildman–Crippen MR) is 123 cm³/mol. The highest BCUT2D eigenvalue weighted by atomic mass is 35.5. The molecule has 7 heteroatoms. The Morgan fingerprint density at radius 1 is 1.16 bits per heavy atom. The van der Waals surface area contributed by atoms with Gasteiger partial charge < -0.3 is 9.15 Å². The summed E-state index contributed by atoms with van der Waals surface area (Å²) in [7, 11) is 1.62. The van der Waals surface area contributed by atoms with Crippen LogP contribution in [0.4, 0.5) is 0 Å². The first-order chi connectivity index (χ1) is 15.5. The third-order valence-electron chi connectivity index (χ3n) is 5.60. The second-order valence-electron chi connectivity index (χ2n) is 7.69. The molecule has 2 aromatic carbocycles. The number of furan rings is 1. The van der Waals surface area contributed by atoms with Gasteiger partial charge >= 0.3 is 5.91 Å². The molecule has 3 heterocycles. The van der Waals surface area contributed by atoms with Gasteiger partial charge in [0, 0.05) is 17.4 Å². The van der Waals surface area contributed by atoms with Gasteiger partial charge in [0.05, 0.1) is 30.6 Å². The summed E-state index contributed by atoms with van der Waals surface area (Å²) in [6, 6.07) is 18.5. The monoisotopic (exact) mass is 445 g/mol. The fourth-order valence-corrected chi connectivity index (χ4v) is 4.15. The van der Waals surface area contributed by atoms with Crippen LogP contribution in [0.15, 0.2) is 76.4 Å². The van der Waals surface area contributed by atoms with Crippen LogP contribution in [-0.2, 0) is 0 Å². The van der Waals surface area contributed by atoms with Crippen molar-refractivity contribution in [1.82, 2.24) is 9.99 Å². The molecule has 1 atom stereocenters. The van der Waals surface area contributed by atoms with Crippen LogP contribution >= 0.6 is 11.6 Å². The fraction of sp³-hybridized carbons (Fsp3) is 0.160. The molecule has 6 nitrogen and oxygen atoms in total. The summed E-state index contributed by atoms with van der Waals surface area (Å²) >= 11 is 6.61. The van der Waals surface area contributed by atoms with Gasteiger partial charge in [-0.15, -0.1) is 0 Å². The van der Waals surface area contributed by atoms with E-state index in [-0.39, 0.29) is 11.7 Å². The lowest BCUT2D eigenvalue weighted by atomic mass is 9.98.